The Bertz CT molecular complexity index is 4170. The first-order valence-corrected chi connectivity index (χ1v) is 22.7. The van der Waals surface area contributed by atoms with E-state index in [0.29, 0.717) is 5.56 Å². The molecule has 12 aromatic rings. The van der Waals surface area contributed by atoms with Crippen molar-refractivity contribution in [2.45, 2.75) is 5.41 Å². The molecule has 316 valence electrons. The molecule has 3 aliphatic rings. The Hall–Kier alpha value is -9.45. The monoisotopic (exact) mass is 870 g/mol. The first-order valence-electron chi connectivity index (χ1n) is 22.7. The number of pyridine rings is 2. The number of anilines is 3. The van der Waals surface area contributed by atoms with Gasteiger partial charge in [-0.1, -0.05) is 91.0 Å². The highest BCUT2D eigenvalue weighted by Gasteiger charge is 2.52. The molecule has 0 amide bonds. The average Bonchev–Trinajstić information content (AvgIpc) is 4.01. The third-order valence-electron chi connectivity index (χ3n) is 14.3. The van der Waals surface area contributed by atoms with E-state index in [9.17, 15) is 5.26 Å². The zero-order chi connectivity index (χ0) is 44.7. The second-order valence-electron chi connectivity index (χ2n) is 17.6. The van der Waals surface area contributed by atoms with Crippen LogP contribution in [0.5, 0.6) is 23.0 Å². The highest BCUT2D eigenvalue weighted by molar-refractivity contribution is 6.12. The summed E-state index contributed by atoms with van der Waals surface area (Å²) in [6.45, 7) is 0. The number of ether oxygens (including phenoxy) is 2. The molecule has 0 N–H and O–H groups in total. The van der Waals surface area contributed by atoms with Crippen LogP contribution in [0.3, 0.4) is 0 Å². The minimum atomic E-state index is -0.808. The molecule has 2 aliphatic heterocycles. The number of hydrogen-bond acceptors (Lipinski definition) is 6. The van der Waals surface area contributed by atoms with E-state index in [1.165, 1.54) is 0 Å². The van der Waals surface area contributed by atoms with E-state index >= 15 is 0 Å². The molecule has 8 aromatic carbocycles. The summed E-state index contributed by atoms with van der Waals surface area (Å²) in [5.41, 5.74) is 14.8. The molecule has 1 unspecified atom stereocenters. The molecule has 1 atom stereocenters. The number of para-hydroxylation sites is 7. The molecule has 8 heteroatoms. The fourth-order valence-corrected chi connectivity index (χ4v) is 11.5. The van der Waals surface area contributed by atoms with Crippen molar-refractivity contribution in [2.75, 3.05) is 4.90 Å². The third-order valence-corrected chi connectivity index (χ3v) is 14.3. The minimum Gasteiger partial charge on any atom is -0.457 e. The van der Waals surface area contributed by atoms with Gasteiger partial charge in [-0.25, -0.2) is 0 Å². The van der Waals surface area contributed by atoms with Gasteiger partial charge in [0.1, 0.15) is 11.5 Å². The molecule has 8 nitrogen and oxygen atoms in total. The maximum Gasteiger partial charge on any atom is 0.151 e. The smallest absolute Gasteiger partial charge is 0.151 e. The number of benzene rings is 8. The van der Waals surface area contributed by atoms with Crippen molar-refractivity contribution in [1.29, 1.82) is 5.26 Å². The molecular weight excluding hydrogens is 837 g/mol. The van der Waals surface area contributed by atoms with Crippen LogP contribution in [0.1, 0.15) is 27.8 Å². The number of fused-ring (bicyclic) bond motifs is 17. The Labute approximate surface area is 389 Å². The van der Waals surface area contributed by atoms with Gasteiger partial charge in [-0.3, -0.25) is 9.97 Å². The number of aromatic nitrogens is 4. The van der Waals surface area contributed by atoms with E-state index in [1.807, 2.05) is 73.1 Å². The Balaban J connectivity index is 0.943. The van der Waals surface area contributed by atoms with E-state index in [2.05, 4.69) is 154 Å². The van der Waals surface area contributed by atoms with Crippen LogP contribution in [0.15, 0.2) is 207 Å². The van der Waals surface area contributed by atoms with Crippen molar-refractivity contribution in [3.63, 3.8) is 0 Å². The van der Waals surface area contributed by atoms with E-state index in [0.717, 1.165) is 129 Å². The van der Waals surface area contributed by atoms with Crippen LogP contribution in [-0.4, -0.2) is 19.1 Å². The molecule has 1 aliphatic carbocycles. The molecule has 6 heterocycles. The van der Waals surface area contributed by atoms with E-state index < -0.39 is 5.41 Å². The molecule has 15 rings (SSSR count). The lowest BCUT2D eigenvalue weighted by Gasteiger charge is -2.39. The van der Waals surface area contributed by atoms with Gasteiger partial charge in [0.2, 0.25) is 0 Å². The second-order valence-corrected chi connectivity index (χ2v) is 17.6. The Kier molecular flexibility index (Phi) is 7.34. The molecular formula is C60H34N6O2. The quantitative estimate of drug-likeness (QED) is 0.176. The normalized spacial score (nSPS) is 15.0. The zero-order valence-electron chi connectivity index (χ0n) is 36.1. The lowest BCUT2D eigenvalue weighted by Crippen LogP contribution is -2.32. The predicted molar refractivity (Wildman–Crippen MR) is 268 cm³/mol. The Morgan fingerprint density at radius 1 is 0.412 bits per heavy atom. The zero-order valence-corrected chi connectivity index (χ0v) is 36.1. The summed E-state index contributed by atoms with van der Waals surface area (Å²) in [5.74, 6) is 3.18. The summed E-state index contributed by atoms with van der Waals surface area (Å²) < 4.78 is 18.1. The Morgan fingerprint density at radius 2 is 0.985 bits per heavy atom. The van der Waals surface area contributed by atoms with Crippen LogP contribution in [0.2, 0.25) is 0 Å². The molecule has 4 aromatic heterocycles. The van der Waals surface area contributed by atoms with Crippen molar-refractivity contribution in [1.82, 2.24) is 19.1 Å². The summed E-state index contributed by atoms with van der Waals surface area (Å²) in [5, 5.41) is 14.3. The van der Waals surface area contributed by atoms with Crippen molar-refractivity contribution < 1.29 is 9.47 Å². The molecule has 0 radical (unpaired) electrons. The number of hydrogen-bond donors (Lipinski definition) is 0. The van der Waals surface area contributed by atoms with Crippen LogP contribution >= 0.6 is 0 Å². The predicted octanol–water partition coefficient (Wildman–Crippen LogP) is 14.6. The fourth-order valence-electron chi connectivity index (χ4n) is 11.5. The largest absolute Gasteiger partial charge is 0.457 e. The van der Waals surface area contributed by atoms with Gasteiger partial charge in [0.05, 0.1) is 73.8 Å². The van der Waals surface area contributed by atoms with Gasteiger partial charge in [-0.2, -0.15) is 5.26 Å². The maximum absolute atomic E-state index is 9.87. The fraction of sp³-hybridized carbons (Fsp3) is 0.0167. The van der Waals surface area contributed by atoms with E-state index in [-0.39, 0.29) is 0 Å². The molecule has 0 bridgehead atoms. The third kappa shape index (κ3) is 4.81. The summed E-state index contributed by atoms with van der Waals surface area (Å²) >= 11 is 0. The SMILES string of the molecule is N#Cc1ccc2c(c1)c1ccccc1n2-c1cnc2c(c1)C1(c3ccccc3Oc3cc(-n4c5ccccc5c5cc(N6c7ccccc7Oc7ccccc76)ccc54)ccc31)c1cccnc1-2. The van der Waals surface area contributed by atoms with Crippen LogP contribution in [-0.2, 0) is 5.41 Å². The number of nitriles is 1. The Morgan fingerprint density at radius 3 is 1.75 bits per heavy atom. The minimum absolute atomic E-state index is 0.624. The summed E-state index contributed by atoms with van der Waals surface area (Å²) in [6, 6.07) is 70.0. The number of nitrogens with zero attached hydrogens (tertiary/aromatic N) is 6. The van der Waals surface area contributed by atoms with Crippen molar-refractivity contribution in [2.24, 2.45) is 0 Å². The maximum atomic E-state index is 9.87. The molecule has 1 spiro atoms. The van der Waals surface area contributed by atoms with Crippen LogP contribution in [0.25, 0.3) is 66.4 Å². The highest BCUT2D eigenvalue weighted by atomic mass is 16.5. The summed E-state index contributed by atoms with van der Waals surface area (Å²) in [6.07, 6.45) is 3.82. The second kappa shape index (κ2) is 13.5. The van der Waals surface area contributed by atoms with E-state index in [4.69, 9.17) is 19.4 Å². The lowest BCUT2D eigenvalue weighted by atomic mass is 9.66. The first kappa shape index (κ1) is 36.8. The van der Waals surface area contributed by atoms with Crippen molar-refractivity contribution >= 4 is 60.7 Å². The van der Waals surface area contributed by atoms with Crippen molar-refractivity contribution in [3.05, 3.63) is 234 Å². The van der Waals surface area contributed by atoms with Crippen LogP contribution in [0, 0.1) is 11.3 Å². The average molecular weight is 871 g/mol. The number of rotatable bonds is 3. The summed E-state index contributed by atoms with van der Waals surface area (Å²) in [4.78, 5) is 12.6. The van der Waals surface area contributed by atoms with Crippen molar-refractivity contribution in [3.8, 4) is 51.8 Å². The van der Waals surface area contributed by atoms with Gasteiger partial charge in [0.15, 0.2) is 11.5 Å². The standard InChI is InChI=1S/C60H34N6O2/c61-34-36-23-27-50-42(30-36)40-12-1-5-17-49(40)66(50)39-32-47-59(63-35-39)58-46(15-11-29-62-58)60(47)44-14-3-8-20-54(44)67-57-33-38(24-26-45(57)60)64-48-16-4-2-13-41(48)43-31-37(25-28-51(43)64)65-52-18-6-9-21-55(52)68-56-22-10-7-19-53(56)65/h1-33,35H. The topological polar surface area (TPSA) is 81.1 Å². The van der Waals surface area contributed by atoms with Crippen LogP contribution < -0.4 is 14.4 Å². The molecule has 0 saturated carbocycles. The van der Waals surface area contributed by atoms with E-state index in [1.54, 1.807) is 0 Å². The van der Waals surface area contributed by atoms with Gasteiger partial charge in [0, 0.05) is 61.9 Å². The van der Waals surface area contributed by atoms with Gasteiger partial charge >= 0.3 is 0 Å². The first-order chi connectivity index (χ1) is 33.7. The van der Waals surface area contributed by atoms with Crippen LogP contribution in [0.4, 0.5) is 17.1 Å². The molecule has 0 saturated heterocycles. The van der Waals surface area contributed by atoms with Gasteiger partial charge in [0.25, 0.3) is 0 Å². The molecule has 68 heavy (non-hydrogen) atoms. The van der Waals surface area contributed by atoms with Gasteiger partial charge in [-0.05, 0) is 103 Å². The highest BCUT2D eigenvalue weighted by Crippen LogP contribution is 2.62. The summed E-state index contributed by atoms with van der Waals surface area (Å²) in [7, 11) is 0. The van der Waals surface area contributed by atoms with Gasteiger partial charge < -0.3 is 23.5 Å². The molecule has 0 fully saturated rings. The van der Waals surface area contributed by atoms with Gasteiger partial charge in [-0.15, -0.1) is 0 Å². The lowest BCUT2D eigenvalue weighted by molar-refractivity contribution is 0.436.